The Kier molecular flexibility index (Phi) is 2.74. The highest BCUT2D eigenvalue weighted by Gasteiger charge is 1.94. The quantitative estimate of drug-likeness (QED) is 0.617. The van der Waals surface area contributed by atoms with Crippen molar-refractivity contribution in [1.29, 1.82) is 0 Å². The van der Waals surface area contributed by atoms with E-state index in [-0.39, 0.29) is 0 Å². The van der Waals surface area contributed by atoms with Crippen molar-refractivity contribution in [2.45, 2.75) is 10.8 Å². The molecule has 2 aromatic rings. The van der Waals surface area contributed by atoms with Crippen LogP contribution in [0.25, 0.3) is 0 Å². The van der Waals surface area contributed by atoms with Crippen LogP contribution in [0.15, 0.2) is 47.6 Å². The first-order valence-corrected chi connectivity index (χ1v) is 5.29. The van der Waals surface area contributed by atoms with E-state index >= 15 is 0 Å². The van der Waals surface area contributed by atoms with E-state index in [1.54, 1.807) is 18.0 Å². The second-order valence-corrected chi connectivity index (χ2v) is 3.91. The van der Waals surface area contributed by atoms with Crippen LogP contribution >= 0.6 is 11.8 Å². The number of rotatable bonds is 3. The van der Waals surface area contributed by atoms with Crippen LogP contribution in [0.3, 0.4) is 0 Å². The summed E-state index contributed by atoms with van der Waals surface area (Å²) in [5, 5.41) is 4.12. The number of nitrogens with zero attached hydrogens (tertiary/aromatic N) is 2. The number of aromatic nitrogens is 2. The van der Waals surface area contributed by atoms with Crippen LogP contribution in [0, 0.1) is 0 Å². The fraction of sp³-hybridized carbons (Fsp3) is 0.100. The first kappa shape index (κ1) is 9.15. The first-order chi connectivity index (χ1) is 6.84. The molecule has 0 saturated carbocycles. The van der Waals surface area contributed by atoms with Gasteiger partial charge >= 0.3 is 0 Å². The summed E-state index contributed by atoms with van der Waals surface area (Å²) in [5.74, 6) is 0.830. The Bertz CT molecular complexity index is 380. The minimum atomic E-state index is 0.799. The molecule has 3 nitrogen and oxygen atoms in total. The van der Waals surface area contributed by atoms with Crippen molar-refractivity contribution in [3.63, 3.8) is 0 Å². The standard InChI is InChI=1S/C10H11N3S/c11-9-2-4-10(5-3-9)14-8-13-7-1-6-12-13/h1-7H,8,11H2. The molecule has 0 aliphatic heterocycles. The molecule has 72 valence electrons. The molecule has 0 unspecified atom stereocenters. The Morgan fingerprint density at radius 1 is 1.29 bits per heavy atom. The molecule has 1 heterocycles. The predicted octanol–water partition coefficient (Wildman–Crippen LogP) is 2.22. The lowest BCUT2D eigenvalue weighted by Crippen LogP contribution is -1.93. The molecule has 0 atom stereocenters. The highest BCUT2D eigenvalue weighted by atomic mass is 32.2. The van der Waals surface area contributed by atoms with E-state index in [4.69, 9.17) is 5.73 Å². The number of hydrogen-bond acceptors (Lipinski definition) is 3. The second kappa shape index (κ2) is 4.19. The largest absolute Gasteiger partial charge is 0.399 e. The number of nitrogens with two attached hydrogens (primary N) is 1. The van der Waals surface area contributed by atoms with Gasteiger partial charge in [0.05, 0.1) is 5.88 Å². The van der Waals surface area contributed by atoms with Crippen LogP contribution in [0.5, 0.6) is 0 Å². The fourth-order valence-electron chi connectivity index (χ4n) is 1.08. The number of anilines is 1. The number of nitrogen functional groups attached to an aromatic ring is 1. The molecular weight excluding hydrogens is 194 g/mol. The van der Waals surface area contributed by atoms with E-state index in [0.29, 0.717) is 0 Å². The summed E-state index contributed by atoms with van der Waals surface area (Å²) in [4.78, 5) is 1.20. The molecule has 0 spiro atoms. The third-order valence-corrected chi connectivity index (χ3v) is 2.80. The third kappa shape index (κ3) is 2.29. The molecule has 1 aromatic carbocycles. The zero-order valence-electron chi connectivity index (χ0n) is 7.63. The van der Waals surface area contributed by atoms with Gasteiger partial charge in [-0.3, -0.25) is 4.68 Å². The van der Waals surface area contributed by atoms with Crippen molar-refractivity contribution in [2.24, 2.45) is 0 Å². The lowest BCUT2D eigenvalue weighted by atomic mass is 10.3. The Balaban J connectivity index is 1.95. The molecule has 0 bridgehead atoms. The highest BCUT2D eigenvalue weighted by molar-refractivity contribution is 7.98. The maximum atomic E-state index is 5.59. The molecule has 0 aliphatic carbocycles. The summed E-state index contributed by atoms with van der Waals surface area (Å²) in [6.07, 6.45) is 3.73. The van der Waals surface area contributed by atoms with E-state index in [2.05, 4.69) is 5.10 Å². The van der Waals surface area contributed by atoms with Gasteiger partial charge in [-0.15, -0.1) is 11.8 Å². The van der Waals surface area contributed by atoms with Crippen molar-refractivity contribution in [3.8, 4) is 0 Å². The van der Waals surface area contributed by atoms with Gasteiger partial charge in [-0.25, -0.2) is 0 Å². The van der Waals surface area contributed by atoms with Crippen molar-refractivity contribution >= 4 is 17.4 Å². The first-order valence-electron chi connectivity index (χ1n) is 4.30. The van der Waals surface area contributed by atoms with Crippen molar-refractivity contribution in [3.05, 3.63) is 42.7 Å². The zero-order chi connectivity index (χ0) is 9.80. The maximum Gasteiger partial charge on any atom is 0.0909 e. The molecule has 1 aromatic heterocycles. The molecule has 2 N–H and O–H groups in total. The predicted molar refractivity (Wildman–Crippen MR) is 58.9 cm³/mol. The average molecular weight is 205 g/mol. The number of hydrogen-bond donors (Lipinski definition) is 1. The van der Waals surface area contributed by atoms with Gasteiger partial charge in [0.1, 0.15) is 0 Å². The van der Waals surface area contributed by atoms with Gasteiger partial charge in [-0.1, -0.05) is 0 Å². The Morgan fingerprint density at radius 3 is 2.71 bits per heavy atom. The van der Waals surface area contributed by atoms with Gasteiger partial charge in [0.2, 0.25) is 0 Å². The molecule has 0 saturated heterocycles. The Hall–Kier alpha value is -1.42. The van der Waals surface area contributed by atoms with Gasteiger partial charge < -0.3 is 5.73 Å². The van der Waals surface area contributed by atoms with Crippen molar-refractivity contribution in [1.82, 2.24) is 9.78 Å². The summed E-state index contributed by atoms with van der Waals surface area (Å²) in [6.45, 7) is 0. The normalized spacial score (nSPS) is 10.3. The molecule has 0 fully saturated rings. The summed E-state index contributed by atoms with van der Waals surface area (Å²) in [6, 6.07) is 9.77. The summed E-state index contributed by atoms with van der Waals surface area (Å²) in [5.41, 5.74) is 6.39. The van der Waals surface area contributed by atoms with E-state index in [0.717, 1.165) is 11.6 Å². The molecule has 2 rings (SSSR count). The van der Waals surface area contributed by atoms with Crippen LogP contribution < -0.4 is 5.73 Å². The fourth-order valence-corrected chi connectivity index (χ4v) is 1.84. The molecule has 14 heavy (non-hydrogen) atoms. The smallest absolute Gasteiger partial charge is 0.0909 e. The number of benzene rings is 1. The van der Waals surface area contributed by atoms with Crippen molar-refractivity contribution in [2.75, 3.05) is 5.73 Å². The second-order valence-electron chi connectivity index (χ2n) is 2.89. The van der Waals surface area contributed by atoms with Gasteiger partial charge in [0.15, 0.2) is 0 Å². The molecule has 4 heteroatoms. The summed E-state index contributed by atoms with van der Waals surface area (Å²) in [7, 11) is 0. The molecule has 0 amide bonds. The molecule has 0 radical (unpaired) electrons. The van der Waals surface area contributed by atoms with Crippen LogP contribution in [-0.4, -0.2) is 9.78 Å². The lowest BCUT2D eigenvalue weighted by molar-refractivity contribution is 0.751. The zero-order valence-corrected chi connectivity index (χ0v) is 8.45. The van der Waals surface area contributed by atoms with E-state index in [9.17, 15) is 0 Å². The maximum absolute atomic E-state index is 5.59. The van der Waals surface area contributed by atoms with Crippen LogP contribution in [-0.2, 0) is 5.88 Å². The topological polar surface area (TPSA) is 43.8 Å². The van der Waals surface area contributed by atoms with Gasteiger partial charge in [0, 0.05) is 23.0 Å². The van der Waals surface area contributed by atoms with E-state index < -0.39 is 0 Å². The van der Waals surface area contributed by atoms with Crippen LogP contribution in [0.4, 0.5) is 5.69 Å². The minimum absolute atomic E-state index is 0.799. The van der Waals surface area contributed by atoms with Crippen LogP contribution in [0.1, 0.15) is 0 Å². The van der Waals surface area contributed by atoms with E-state index in [1.165, 1.54) is 4.90 Å². The Labute approximate surface area is 86.9 Å². The summed E-state index contributed by atoms with van der Waals surface area (Å²) >= 11 is 1.73. The molecule has 0 aliphatic rings. The van der Waals surface area contributed by atoms with Crippen molar-refractivity contribution < 1.29 is 0 Å². The summed E-state index contributed by atoms with van der Waals surface area (Å²) < 4.78 is 1.89. The monoisotopic (exact) mass is 205 g/mol. The third-order valence-electron chi connectivity index (χ3n) is 1.80. The van der Waals surface area contributed by atoms with Gasteiger partial charge in [0.25, 0.3) is 0 Å². The van der Waals surface area contributed by atoms with E-state index in [1.807, 2.05) is 41.2 Å². The Morgan fingerprint density at radius 2 is 2.07 bits per heavy atom. The molecular formula is C10H11N3S. The minimum Gasteiger partial charge on any atom is -0.399 e. The van der Waals surface area contributed by atoms with Gasteiger partial charge in [-0.05, 0) is 30.3 Å². The van der Waals surface area contributed by atoms with Crippen LogP contribution in [0.2, 0.25) is 0 Å². The lowest BCUT2D eigenvalue weighted by Gasteiger charge is -2.01. The number of thioether (sulfide) groups is 1. The highest BCUT2D eigenvalue weighted by Crippen LogP contribution is 2.20. The average Bonchev–Trinajstić information content (AvgIpc) is 2.70. The van der Waals surface area contributed by atoms with Gasteiger partial charge in [-0.2, -0.15) is 5.10 Å². The SMILES string of the molecule is Nc1ccc(SCn2cccn2)cc1.